The Hall–Kier alpha value is -3.06. The zero-order valence-corrected chi connectivity index (χ0v) is 19.5. The number of fused-ring (bicyclic) bond motifs is 1. The van der Waals surface area contributed by atoms with E-state index in [1.807, 2.05) is 73.6 Å². The molecule has 33 heavy (non-hydrogen) atoms. The second-order valence-corrected chi connectivity index (χ2v) is 9.07. The summed E-state index contributed by atoms with van der Waals surface area (Å²) in [6, 6.07) is 21.6. The molecule has 0 unspecified atom stereocenters. The highest BCUT2D eigenvalue weighted by Gasteiger charge is 2.60. The van der Waals surface area contributed by atoms with Gasteiger partial charge in [-0.05, 0) is 48.0 Å². The summed E-state index contributed by atoms with van der Waals surface area (Å²) in [6.07, 6.45) is -0.939. The molecule has 2 aliphatic rings. The Morgan fingerprint density at radius 1 is 0.818 bits per heavy atom. The minimum absolute atomic E-state index is 0.273. The van der Waals surface area contributed by atoms with Gasteiger partial charge in [0.1, 0.15) is 5.92 Å². The van der Waals surface area contributed by atoms with Crippen LogP contribution in [0.15, 0.2) is 72.8 Å². The van der Waals surface area contributed by atoms with Gasteiger partial charge in [0.05, 0.1) is 27.5 Å². The number of nitrogens with zero attached hydrogens (tertiary/aromatic N) is 3. The van der Waals surface area contributed by atoms with Crippen LogP contribution in [0.1, 0.15) is 11.6 Å². The Balaban J connectivity index is 1.57. The van der Waals surface area contributed by atoms with Crippen LogP contribution in [0.3, 0.4) is 0 Å². The third-order valence-electron chi connectivity index (χ3n) is 6.04. The van der Waals surface area contributed by atoms with E-state index in [1.165, 1.54) is 6.07 Å². The van der Waals surface area contributed by atoms with Gasteiger partial charge in [-0.2, -0.15) is 0 Å². The number of hydroxylamine groups is 1. The number of carbonyl (C=O) groups excluding carboxylic acids is 2. The van der Waals surface area contributed by atoms with Crippen LogP contribution in [-0.2, 0) is 14.4 Å². The molecule has 0 radical (unpaired) electrons. The first kappa shape index (κ1) is 21.8. The maximum Gasteiger partial charge on any atom is 0.266 e. The summed E-state index contributed by atoms with van der Waals surface area (Å²) in [7, 11) is 3.93. The predicted octanol–water partition coefficient (Wildman–Crippen LogP) is 5.11. The summed E-state index contributed by atoms with van der Waals surface area (Å²) in [4.78, 5) is 36.3. The number of amides is 2. The number of para-hydroxylation sites is 1. The molecule has 6 nitrogen and oxygen atoms in total. The molecule has 5 rings (SSSR count). The molecule has 3 aromatic rings. The van der Waals surface area contributed by atoms with Gasteiger partial charge in [0.15, 0.2) is 6.10 Å². The second-order valence-electron chi connectivity index (χ2n) is 8.25. The monoisotopic (exact) mass is 481 g/mol. The van der Waals surface area contributed by atoms with Gasteiger partial charge in [0, 0.05) is 19.8 Å². The Bertz CT molecular complexity index is 1220. The average Bonchev–Trinajstić information content (AvgIpc) is 3.32. The smallest absolute Gasteiger partial charge is 0.266 e. The average molecular weight is 482 g/mol. The molecule has 0 bridgehead atoms. The van der Waals surface area contributed by atoms with Crippen LogP contribution < -0.4 is 14.9 Å². The molecule has 3 aromatic carbocycles. The molecule has 0 spiro atoms. The fraction of sp³-hybridized carbons (Fsp3) is 0.200. The third kappa shape index (κ3) is 3.64. The van der Waals surface area contributed by atoms with E-state index in [0.717, 1.165) is 21.8 Å². The topological polar surface area (TPSA) is 53.1 Å². The van der Waals surface area contributed by atoms with Gasteiger partial charge in [0.2, 0.25) is 5.91 Å². The van der Waals surface area contributed by atoms with Crippen molar-refractivity contribution >= 4 is 52.1 Å². The second kappa shape index (κ2) is 8.37. The van der Waals surface area contributed by atoms with Crippen molar-refractivity contribution in [3.63, 3.8) is 0 Å². The van der Waals surface area contributed by atoms with Crippen molar-refractivity contribution in [1.29, 1.82) is 0 Å². The standard InChI is InChI=1S/C25H21Cl2N3O3/c1-28(2)16-10-8-15(9-11-16)22-21-23(33-30(22)17-6-4-3-5-7-17)25(32)29(24(21)31)18-12-13-19(26)20(27)14-18/h3-14,21-23H,1-2H3/t21-,22-,23+/m0/s1. The summed E-state index contributed by atoms with van der Waals surface area (Å²) in [5.74, 6) is -1.46. The number of rotatable bonds is 4. The van der Waals surface area contributed by atoms with Crippen molar-refractivity contribution in [2.45, 2.75) is 12.1 Å². The Morgan fingerprint density at radius 3 is 2.15 bits per heavy atom. The summed E-state index contributed by atoms with van der Waals surface area (Å²) >= 11 is 12.2. The Morgan fingerprint density at radius 2 is 1.52 bits per heavy atom. The van der Waals surface area contributed by atoms with Crippen molar-refractivity contribution in [3.8, 4) is 0 Å². The number of imide groups is 1. The van der Waals surface area contributed by atoms with Gasteiger partial charge in [-0.1, -0.05) is 53.5 Å². The van der Waals surface area contributed by atoms with E-state index in [0.29, 0.717) is 10.7 Å². The van der Waals surface area contributed by atoms with E-state index >= 15 is 0 Å². The van der Waals surface area contributed by atoms with E-state index < -0.39 is 24.0 Å². The van der Waals surface area contributed by atoms with Crippen molar-refractivity contribution in [3.05, 3.63) is 88.4 Å². The van der Waals surface area contributed by atoms with Gasteiger partial charge in [-0.3, -0.25) is 14.4 Å². The molecule has 2 saturated heterocycles. The number of halogens is 2. The van der Waals surface area contributed by atoms with Crippen LogP contribution in [-0.4, -0.2) is 32.0 Å². The van der Waals surface area contributed by atoms with Crippen molar-refractivity contribution in [2.24, 2.45) is 5.92 Å². The molecule has 2 aliphatic heterocycles. The predicted molar refractivity (Wildman–Crippen MR) is 130 cm³/mol. The Kier molecular flexibility index (Phi) is 5.52. The van der Waals surface area contributed by atoms with E-state index in [-0.39, 0.29) is 10.9 Å². The van der Waals surface area contributed by atoms with Gasteiger partial charge in [0.25, 0.3) is 5.91 Å². The highest BCUT2D eigenvalue weighted by Crippen LogP contribution is 2.48. The summed E-state index contributed by atoms with van der Waals surface area (Å²) < 4.78 is 0. The summed E-state index contributed by atoms with van der Waals surface area (Å²) in [6.45, 7) is 0. The van der Waals surface area contributed by atoms with Gasteiger partial charge in [-0.15, -0.1) is 0 Å². The minimum atomic E-state index is -0.939. The molecular weight excluding hydrogens is 461 g/mol. The quantitative estimate of drug-likeness (QED) is 0.484. The number of carbonyl (C=O) groups is 2. The van der Waals surface area contributed by atoms with Crippen LogP contribution in [0.4, 0.5) is 17.1 Å². The molecule has 0 aliphatic carbocycles. The van der Waals surface area contributed by atoms with Crippen molar-refractivity contribution in [2.75, 3.05) is 29.0 Å². The molecule has 8 heteroatoms. The highest BCUT2D eigenvalue weighted by molar-refractivity contribution is 6.42. The van der Waals surface area contributed by atoms with Crippen LogP contribution in [0, 0.1) is 5.92 Å². The minimum Gasteiger partial charge on any atom is -0.378 e. The van der Waals surface area contributed by atoms with E-state index in [9.17, 15) is 9.59 Å². The van der Waals surface area contributed by atoms with Crippen molar-refractivity contribution in [1.82, 2.24) is 0 Å². The van der Waals surface area contributed by atoms with Gasteiger partial charge >= 0.3 is 0 Å². The molecule has 0 N–H and O–H groups in total. The fourth-order valence-electron chi connectivity index (χ4n) is 4.40. The lowest BCUT2D eigenvalue weighted by molar-refractivity contribution is -0.126. The Labute approximate surface area is 201 Å². The first-order chi connectivity index (χ1) is 15.9. The normalized spacial score (nSPS) is 22.1. The zero-order valence-electron chi connectivity index (χ0n) is 18.0. The van der Waals surface area contributed by atoms with Gasteiger partial charge in [-0.25, -0.2) is 9.96 Å². The largest absolute Gasteiger partial charge is 0.378 e. The van der Waals surface area contributed by atoms with Crippen LogP contribution in [0.5, 0.6) is 0 Å². The lowest BCUT2D eigenvalue weighted by atomic mass is 9.90. The number of hydrogen-bond donors (Lipinski definition) is 0. The molecular formula is C25H21Cl2N3O3. The SMILES string of the molecule is CN(C)c1ccc([C@H]2[C@@H]3C(=O)N(c4ccc(Cl)c(Cl)c4)C(=O)[C@@H]3ON2c2ccccc2)cc1. The number of hydrogen-bond acceptors (Lipinski definition) is 5. The molecule has 2 amide bonds. The number of benzene rings is 3. The van der Waals surface area contributed by atoms with Crippen LogP contribution in [0.25, 0.3) is 0 Å². The lowest BCUT2D eigenvalue weighted by Gasteiger charge is -2.29. The first-order valence-electron chi connectivity index (χ1n) is 10.5. The molecule has 2 heterocycles. The van der Waals surface area contributed by atoms with E-state index in [1.54, 1.807) is 17.2 Å². The molecule has 0 aromatic heterocycles. The first-order valence-corrected chi connectivity index (χ1v) is 11.2. The summed E-state index contributed by atoms with van der Waals surface area (Å²) in [5, 5.41) is 2.31. The highest BCUT2D eigenvalue weighted by atomic mass is 35.5. The van der Waals surface area contributed by atoms with E-state index in [2.05, 4.69) is 0 Å². The van der Waals surface area contributed by atoms with Crippen LogP contribution in [0.2, 0.25) is 10.0 Å². The molecule has 168 valence electrons. The van der Waals surface area contributed by atoms with Crippen molar-refractivity contribution < 1.29 is 14.4 Å². The zero-order chi connectivity index (χ0) is 23.3. The van der Waals surface area contributed by atoms with E-state index in [4.69, 9.17) is 28.0 Å². The number of anilines is 3. The summed E-state index contributed by atoms with van der Waals surface area (Å²) in [5.41, 5.74) is 3.07. The molecule has 0 saturated carbocycles. The lowest BCUT2D eigenvalue weighted by Crippen LogP contribution is -2.37. The fourth-order valence-corrected chi connectivity index (χ4v) is 4.69. The maximum atomic E-state index is 13.6. The molecule has 2 fully saturated rings. The van der Waals surface area contributed by atoms with Gasteiger partial charge < -0.3 is 4.90 Å². The molecule has 3 atom stereocenters. The maximum absolute atomic E-state index is 13.6. The van der Waals surface area contributed by atoms with Crippen LogP contribution >= 0.6 is 23.2 Å². The third-order valence-corrected chi connectivity index (χ3v) is 6.78.